The van der Waals surface area contributed by atoms with Gasteiger partial charge in [0.1, 0.15) is 18.6 Å². The van der Waals surface area contributed by atoms with Crippen molar-refractivity contribution < 1.29 is 18.7 Å². The van der Waals surface area contributed by atoms with E-state index in [9.17, 15) is 9.59 Å². The normalized spacial score (nSPS) is 14.2. The Morgan fingerprint density at radius 1 is 1.20 bits per heavy atom. The van der Waals surface area contributed by atoms with E-state index in [0.717, 1.165) is 30.6 Å². The van der Waals surface area contributed by atoms with Gasteiger partial charge in [-0.1, -0.05) is 12.1 Å². The van der Waals surface area contributed by atoms with Crippen molar-refractivity contribution in [2.24, 2.45) is 0 Å². The van der Waals surface area contributed by atoms with E-state index < -0.39 is 0 Å². The number of hydrogen-bond donors (Lipinski definition) is 0. The summed E-state index contributed by atoms with van der Waals surface area (Å²) in [4.78, 5) is 26.3. The molecule has 1 aliphatic heterocycles. The molecule has 1 fully saturated rings. The van der Waals surface area contributed by atoms with E-state index in [0.29, 0.717) is 13.1 Å². The van der Waals surface area contributed by atoms with E-state index in [1.165, 1.54) is 12.3 Å². The average Bonchev–Trinajstić information content (AvgIpc) is 2.67. The maximum atomic E-state index is 12.4. The molecule has 25 heavy (non-hydrogen) atoms. The number of nitrogens with zero attached hydrogens (tertiary/aromatic N) is 1. The summed E-state index contributed by atoms with van der Waals surface area (Å²) in [7, 11) is 1.59. The predicted octanol–water partition coefficient (Wildman–Crippen LogP) is 2.85. The molecule has 0 radical (unpaired) electrons. The summed E-state index contributed by atoms with van der Waals surface area (Å²) in [5, 5.41) is 0. The van der Waals surface area contributed by atoms with Crippen molar-refractivity contribution in [2.45, 2.75) is 25.9 Å². The van der Waals surface area contributed by atoms with Gasteiger partial charge in [0, 0.05) is 19.2 Å². The Labute approximate surface area is 146 Å². The van der Waals surface area contributed by atoms with Crippen LogP contribution in [0.25, 0.3) is 0 Å². The first-order chi connectivity index (χ1) is 12.2. The monoisotopic (exact) mass is 343 g/mol. The Balaban J connectivity index is 1.67. The molecule has 0 aliphatic carbocycles. The van der Waals surface area contributed by atoms with Gasteiger partial charge in [0.25, 0.3) is 5.91 Å². The smallest absolute Gasteiger partial charge is 0.289 e. The second-order valence-electron chi connectivity index (χ2n) is 5.97. The van der Waals surface area contributed by atoms with Crippen LogP contribution in [0.1, 0.15) is 35.4 Å². The standard InChI is InChI=1S/C19H21NO5/c1-23-15-7-5-6-14(10-15)12-24-18-13-25-17(11-16(18)21)19(22)20-8-3-2-4-9-20/h5-7,10-11,13H,2-4,8-9,12H2,1H3. The van der Waals surface area contributed by atoms with Gasteiger partial charge < -0.3 is 18.8 Å². The quantitative estimate of drug-likeness (QED) is 0.835. The third kappa shape index (κ3) is 4.21. The van der Waals surface area contributed by atoms with Crippen LogP contribution in [0.3, 0.4) is 0 Å². The first kappa shape index (κ1) is 17.1. The van der Waals surface area contributed by atoms with Crippen LogP contribution in [0.15, 0.2) is 45.8 Å². The highest BCUT2D eigenvalue weighted by atomic mass is 16.5. The zero-order chi connectivity index (χ0) is 17.6. The van der Waals surface area contributed by atoms with Crippen LogP contribution in [0, 0.1) is 0 Å². The number of rotatable bonds is 5. The van der Waals surface area contributed by atoms with Crippen molar-refractivity contribution in [2.75, 3.05) is 20.2 Å². The van der Waals surface area contributed by atoms with Gasteiger partial charge in [-0.3, -0.25) is 9.59 Å². The third-order valence-corrected chi connectivity index (χ3v) is 4.18. The first-order valence-corrected chi connectivity index (χ1v) is 8.35. The van der Waals surface area contributed by atoms with Crippen LogP contribution in [0.2, 0.25) is 0 Å². The average molecular weight is 343 g/mol. The van der Waals surface area contributed by atoms with Gasteiger partial charge in [0.15, 0.2) is 5.76 Å². The van der Waals surface area contributed by atoms with Crippen LogP contribution in [-0.2, 0) is 6.61 Å². The van der Waals surface area contributed by atoms with Crippen LogP contribution >= 0.6 is 0 Å². The van der Waals surface area contributed by atoms with Gasteiger partial charge >= 0.3 is 0 Å². The Hall–Kier alpha value is -2.76. The summed E-state index contributed by atoms with van der Waals surface area (Å²) in [6.07, 6.45) is 4.31. The number of ether oxygens (including phenoxy) is 2. The number of amides is 1. The number of carbonyl (C=O) groups is 1. The topological polar surface area (TPSA) is 69.0 Å². The molecular formula is C19H21NO5. The lowest BCUT2D eigenvalue weighted by Gasteiger charge is -2.25. The molecule has 1 saturated heterocycles. The summed E-state index contributed by atoms with van der Waals surface area (Å²) in [6, 6.07) is 8.59. The predicted molar refractivity (Wildman–Crippen MR) is 92.1 cm³/mol. The number of piperidine rings is 1. The Morgan fingerprint density at radius 3 is 2.72 bits per heavy atom. The zero-order valence-corrected chi connectivity index (χ0v) is 14.2. The van der Waals surface area contributed by atoms with Gasteiger partial charge in [-0.2, -0.15) is 0 Å². The van der Waals surface area contributed by atoms with Gasteiger partial charge in [0.05, 0.1) is 7.11 Å². The van der Waals surface area contributed by atoms with Crippen molar-refractivity contribution in [3.05, 3.63) is 58.1 Å². The molecule has 0 spiro atoms. The molecule has 6 nitrogen and oxygen atoms in total. The molecule has 1 aromatic carbocycles. The van der Waals surface area contributed by atoms with E-state index in [4.69, 9.17) is 13.9 Å². The largest absolute Gasteiger partial charge is 0.497 e. The minimum absolute atomic E-state index is 0.0561. The summed E-state index contributed by atoms with van der Waals surface area (Å²) in [6.45, 7) is 1.62. The second kappa shape index (κ2) is 7.88. The second-order valence-corrected chi connectivity index (χ2v) is 5.97. The number of methoxy groups -OCH3 is 1. The van der Waals surface area contributed by atoms with Crippen LogP contribution in [0.4, 0.5) is 0 Å². The van der Waals surface area contributed by atoms with E-state index in [1.807, 2.05) is 24.3 Å². The fourth-order valence-electron chi connectivity index (χ4n) is 2.79. The summed E-state index contributed by atoms with van der Waals surface area (Å²) >= 11 is 0. The molecule has 2 aromatic rings. The zero-order valence-electron chi connectivity index (χ0n) is 14.2. The maximum Gasteiger partial charge on any atom is 0.289 e. The highest BCUT2D eigenvalue weighted by Gasteiger charge is 2.21. The first-order valence-electron chi connectivity index (χ1n) is 8.35. The fraction of sp³-hybridized carbons (Fsp3) is 0.368. The number of likely N-dealkylation sites (tertiary alicyclic amines) is 1. The molecule has 0 bridgehead atoms. The van der Waals surface area contributed by atoms with Crippen LogP contribution in [-0.4, -0.2) is 31.0 Å². The van der Waals surface area contributed by atoms with Gasteiger partial charge in [0.2, 0.25) is 11.2 Å². The molecule has 0 unspecified atom stereocenters. The SMILES string of the molecule is COc1cccc(COc2coc(C(=O)N3CCCCC3)cc2=O)c1. The number of carbonyl (C=O) groups excluding carboxylic acids is 1. The lowest BCUT2D eigenvalue weighted by Crippen LogP contribution is -2.35. The maximum absolute atomic E-state index is 12.4. The molecule has 0 saturated carbocycles. The van der Waals surface area contributed by atoms with E-state index >= 15 is 0 Å². The summed E-state index contributed by atoms with van der Waals surface area (Å²) in [5.74, 6) is 0.616. The summed E-state index contributed by atoms with van der Waals surface area (Å²) < 4.78 is 16.0. The molecule has 2 heterocycles. The van der Waals surface area contributed by atoms with Crippen molar-refractivity contribution in [3.63, 3.8) is 0 Å². The number of benzene rings is 1. The van der Waals surface area contributed by atoms with Gasteiger partial charge in [-0.15, -0.1) is 0 Å². The molecule has 1 aromatic heterocycles. The molecule has 0 N–H and O–H groups in total. The molecule has 1 aliphatic rings. The third-order valence-electron chi connectivity index (χ3n) is 4.18. The minimum atomic E-state index is -0.366. The Morgan fingerprint density at radius 2 is 2.00 bits per heavy atom. The van der Waals surface area contributed by atoms with E-state index in [2.05, 4.69) is 0 Å². The fourth-order valence-corrected chi connectivity index (χ4v) is 2.79. The molecule has 132 valence electrons. The molecule has 0 atom stereocenters. The van der Waals surface area contributed by atoms with Crippen LogP contribution in [0.5, 0.6) is 11.5 Å². The molecular weight excluding hydrogens is 322 g/mol. The van der Waals surface area contributed by atoms with E-state index in [1.54, 1.807) is 12.0 Å². The van der Waals surface area contributed by atoms with Gasteiger partial charge in [-0.25, -0.2) is 0 Å². The molecule has 6 heteroatoms. The highest BCUT2D eigenvalue weighted by molar-refractivity contribution is 5.91. The van der Waals surface area contributed by atoms with Crippen LogP contribution < -0.4 is 14.9 Å². The highest BCUT2D eigenvalue weighted by Crippen LogP contribution is 2.16. The lowest BCUT2D eigenvalue weighted by molar-refractivity contribution is 0.0688. The summed E-state index contributed by atoms with van der Waals surface area (Å²) in [5.41, 5.74) is 0.502. The molecule has 3 rings (SSSR count). The van der Waals surface area contributed by atoms with Crippen molar-refractivity contribution in [3.8, 4) is 11.5 Å². The van der Waals surface area contributed by atoms with E-state index in [-0.39, 0.29) is 29.5 Å². The number of hydrogen-bond acceptors (Lipinski definition) is 5. The lowest BCUT2D eigenvalue weighted by atomic mass is 10.1. The van der Waals surface area contributed by atoms with Crippen molar-refractivity contribution in [1.82, 2.24) is 4.90 Å². The van der Waals surface area contributed by atoms with Crippen molar-refractivity contribution >= 4 is 5.91 Å². The molecule has 1 amide bonds. The van der Waals surface area contributed by atoms with Gasteiger partial charge in [-0.05, 0) is 37.0 Å². The Bertz CT molecular complexity index is 792. The Kier molecular flexibility index (Phi) is 5.38. The minimum Gasteiger partial charge on any atom is -0.497 e. The van der Waals surface area contributed by atoms with Crippen molar-refractivity contribution in [1.29, 1.82) is 0 Å².